The third-order valence-electron chi connectivity index (χ3n) is 4.04. The van der Waals surface area contributed by atoms with Crippen LogP contribution in [0.3, 0.4) is 0 Å². The van der Waals surface area contributed by atoms with E-state index in [2.05, 4.69) is 5.32 Å². The van der Waals surface area contributed by atoms with E-state index >= 15 is 0 Å². The van der Waals surface area contributed by atoms with E-state index in [0.717, 1.165) is 0 Å². The summed E-state index contributed by atoms with van der Waals surface area (Å²) in [4.78, 5) is 25.6. The monoisotopic (exact) mass is 342 g/mol. The highest BCUT2D eigenvalue weighted by atomic mass is 19.1. The van der Waals surface area contributed by atoms with E-state index in [-0.39, 0.29) is 24.2 Å². The maximum Gasteiger partial charge on any atom is 0.254 e. The van der Waals surface area contributed by atoms with E-state index in [1.54, 1.807) is 47.4 Å². The van der Waals surface area contributed by atoms with Crippen molar-refractivity contribution in [2.24, 2.45) is 0 Å². The number of nitrogens with one attached hydrogen (secondary N) is 1. The molecule has 2 amide bonds. The second-order valence-corrected chi connectivity index (χ2v) is 5.89. The van der Waals surface area contributed by atoms with Crippen LogP contribution in [-0.2, 0) is 9.53 Å². The number of morpholine rings is 1. The Bertz CT molecular complexity index is 794. The first-order chi connectivity index (χ1) is 12.0. The number of carbonyl (C=O) groups excluding carboxylic acids is 2. The van der Waals surface area contributed by atoms with Gasteiger partial charge in [0.2, 0.25) is 5.91 Å². The predicted molar refractivity (Wildman–Crippen MR) is 91.7 cm³/mol. The first-order valence-electron chi connectivity index (χ1n) is 8.07. The molecule has 1 fully saturated rings. The predicted octanol–water partition coefficient (Wildman–Crippen LogP) is 3.00. The van der Waals surface area contributed by atoms with Crippen LogP contribution in [0.4, 0.5) is 10.1 Å². The van der Waals surface area contributed by atoms with Crippen LogP contribution in [0.1, 0.15) is 28.9 Å². The smallest absolute Gasteiger partial charge is 0.254 e. The Hall–Kier alpha value is -2.73. The lowest BCUT2D eigenvalue weighted by Crippen LogP contribution is -2.42. The molecule has 1 N–H and O–H groups in total. The highest BCUT2D eigenvalue weighted by molar-refractivity contribution is 5.96. The molecule has 0 spiro atoms. The molecule has 0 bridgehead atoms. The molecule has 1 aliphatic rings. The van der Waals surface area contributed by atoms with Gasteiger partial charge < -0.3 is 15.0 Å². The van der Waals surface area contributed by atoms with Gasteiger partial charge in [-0.3, -0.25) is 9.59 Å². The van der Waals surface area contributed by atoms with Crippen LogP contribution >= 0.6 is 0 Å². The van der Waals surface area contributed by atoms with E-state index in [1.807, 2.05) is 0 Å². The topological polar surface area (TPSA) is 58.6 Å². The molecule has 1 saturated heterocycles. The molecule has 6 heteroatoms. The van der Waals surface area contributed by atoms with Gasteiger partial charge in [0.1, 0.15) is 11.9 Å². The van der Waals surface area contributed by atoms with Crippen molar-refractivity contribution in [3.8, 4) is 0 Å². The largest absolute Gasteiger partial charge is 0.370 e. The fraction of sp³-hybridized carbons (Fsp3) is 0.263. The molecule has 25 heavy (non-hydrogen) atoms. The molecule has 0 saturated carbocycles. The molecule has 130 valence electrons. The van der Waals surface area contributed by atoms with E-state index in [1.165, 1.54) is 13.0 Å². The molecular formula is C19H19FN2O3. The first-order valence-corrected chi connectivity index (χ1v) is 8.07. The normalized spacial score (nSPS) is 17.2. The van der Waals surface area contributed by atoms with Crippen molar-refractivity contribution in [1.29, 1.82) is 0 Å². The molecule has 3 rings (SSSR count). The summed E-state index contributed by atoms with van der Waals surface area (Å²) in [6.07, 6.45) is -0.488. The molecule has 0 radical (unpaired) electrons. The highest BCUT2D eigenvalue weighted by Gasteiger charge is 2.27. The number of nitrogens with zero attached hydrogens (tertiary/aromatic N) is 1. The van der Waals surface area contributed by atoms with E-state index in [4.69, 9.17) is 4.74 Å². The van der Waals surface area contributed by atoms with Crippen LogP contribution in [0.2, 0.25) is 0 Å². The van der Waals surface area contributed by atoms with Crippen molar-refractivity contribution in [2.45, 2.75) is 13.0 Å². The number of carbonyl (C=O) groups is 2. The Morgan fingerprint density at radius 2 is 2.00 bits per heavy atom. The second kappa shape index (κ2) is 7.44. The molecule has 1 heterocycles. The summed E-state index contributed by atoms with van der Waals surface area (Å²) in [6, 6.07) is 13.2. The maximum atomic E-state index is 14.0. The van der Waals surface area contributed by atoms with Crippen molar-refractivity contribution in [3.63, 3.8) is 0 Å². The Labute approximate surface area is 145 Å². The van der Waals surface area contributed by atoms with Crippen molar-refractivity contribution in [1.82, 2.24) is 4.90 Å². The lowest BCUT2D eigenvalue weighted by Gasteiger charge is -2.33. The standard InChI is InChI=1S/C19H19FN2O3/c1-13(23)21-15-6-4-5-14(11-15)19(24)22-9-10-25-18(12-22)16-7-2-3-8-17(16)20/h2-8,11,18H,9-10,12H2,1H3,(H,21,23). The Kier molecular flexibility index (Phi) is 5.09. The van der Waals surface area contributed by atoms with Crippen LogP contribution in [0.25, 0.3) is 0 Å². The van der Waals surface area contributed by atoms with Gasteiger partial charge in [-0.15, -0.1) is 0 Å². The van der Waals surface area contributed by atoms with Gasteiger partial charge in [0.15, 0.2) is 0 Å². The summed E-state index contributed by atoms with van der Waals surface area (Å²) in [6.45, 7) is 2.48. The average molecular weight is 342 g/mol. The maximum absolute atomic E-state index is 14.0. The van der Waals surface area contributed by atoms with Gasteiger partial charge in [-0.1, -0.05) is 24.3 Å². The molecule has 2 aromatic rings. The molecule has 0 aromatic heterocycles. The van der Waals surface area contributed by atoms with Gasteiger partial charge in [0.25, 0.3) is 5.91 Å². The Morgan fingerprint density at radius 3 is 2.76 bits per heavy atom. The number of hydrogen-bond donors (Lipinski definition) is 1. The molecule has 2 aromatic carbocycles. The van der Waals surface area contributed by atoms with Crippen LogP contribution in [-0.4, -0.2) is 36.4 Å². The zero-order valence-electron chi connectivity index (χ0n) is 13.9. The van der Waals surface area contributed by atoms with Crippen LogP contribution < -0.4 is 5.32 Å². The minimum atomic E-state index is -0.488. The summed E-state index contributed by atoms with van der Waals surface area (Å²) in [5.41, 5.74) is 1.49. The lowest BCUT2D eigenvalue weighted by atomic mass is 10.1. The number of anilines is 1. The number of ether oxygens (including phenoxy) is 1. The fourth-order valence-electron chi connectivity index (χ4n) is 2.87. The third kappa shape index (κ3) is 4.03. The molecular weight excluding hydrogens is 323 g/mol. The van der Waals surface area contributed by atoms with E-state index in [0.29, 0.717) is 30.0 Å². The van der Waals surface area contributed by atoms with Crippen molar-refractivity contribution in [2.75, 3.05) is 25.0 Å². The van der Waals surface area contributed by atoms with Crippen LogP contribution in [0.5, 0.6) is 0 Å². The fourth-order valence-corrected chi connectivity index (χ4v) is 2.87. The quantitative estimate of drug-likeness (QED) is 0.933. The summed E-state index contributed by atoms with van der Waals surface area (Å²) in [5.74, 6) is -0.707. The van der Waals surface area contributed by atoms with Gasteiger partial charge in [-0.2, -0.15) is 0 Å². The summed E-state index contributed by atoms with van der Waals surface area (Å²) >= 11 is 0. The van der Waals surface area contributed by atoms with Gasteiger partial charge in [0.05, 0.1) is 13.2 Å². The van der Waals surface area contributed by atoms with E-state index < -0.39 is 6.10 Å². The number of amides is 2. The van der Waals surface area contributed by atoms with Crippen molar-refractivity contribution >= 4 is 17.5 Å². The summed E-state index contributed by atoms with van der Waals surface area (Å²) in [7, 11) is 0. The van der Waals surface area contributed by atoms with Crippen LogP contribution in [0, 0.1) is 5.82 Å². The second-order valence-electron chi connectivity index (χ2n) is 5.89. The zero-order valence-corrected chi connectivity index (χ0v) is 13.9. The van der Waals surface area contributed by atoms with Gasteiger partial charge in [-0.05, 0) is 24.3 Å². The average Bonchev–Trinajstić information content (AvgIpc) is 2.61. The number of halogens is 1. The Balaban J connectivity index is 1.76. The molecule has 1 atom stereocenters. The summed E-state index contributed by atoms with van der Waals surface area (Å²) in [5, 5.41) is 2.66. The van der Waals surface area contributed by atoms with E-state index in [9.17, 15) is 14.0 Å². The molecule has 1 unspecified atom stereocenters. The zero-order chi connectivity index (χ0) is 17.8. The summed E-state index contributed by atoms with van der Waals surface area (Å²) < 4.78 is 19.6. The molecule has 0 aliphatic carbocycles. The van der Waals surface area contributed by atoms with Crippen molar-refractivity contribution in [3.05, 3.63) is 65.5 Å². The lowest BCUT2D eigenvalue weighted by molar-refractivity contribution is -0.114. The third-order valence-corrected chi connectivity index (χ3v) is 4.04. The first kappa shape index (κ1) is 17.1. The minimum Gasteiger partial charge on any atom is -0.370 e. The minimum absolute atomic E-state index is 0.170. The number of hydrogen-bond acceptors (Lipinski definition) is 3. The van der Waals surface area contributed by atoms with Crippen molar-refractivity contribution < 1.29 is 18.7 Å². The van der Waals surface area contributed by atoms with Crippen LogP contribution in [0.15, 0.2) is 48.5 Å². The number of benzene rings is 2. The highest BCUT2D eigenvalue weighted by Crippen LogP contribution is 2.25. The number of rotatable bonds is 3. The van der Waals surface area contributed by atoms with Gasteiger partial charge in [-0.25, -0.2) is 4.39 Å². The van der Waals surface area contributed by atoms with Gasteiger partial charge >= 0.3 is 0 Å². The molecule has 1 aliphatic heterocycles. The Morgan fingerprint density at radius 1 is 1.20 bits per heavy atom. The SMILES string of the molecule is CC(=O)Nc1cccc(C(=O)N2CCOC(c3ccccc3F)C2)c1. The van der Waals surface area contributed by atoms with Gasteiger partial charge in [0, 0.05) is 30.3 Å². The molecule has 5 nitrogen and oxygen atoms in total.